The van der Waals surface area contributed by atoms with Gasteiger partial charge in [-0.25, -0.2) is 4.98 Å². The third-order valence-corrected chi connectivity index (χ3v) is 3.16. The summed E-state index contributed by atoms with van der Waals surface area (Å²) in [6, 6.07) is 0. The molecule has 0 atom stereocenters. The van der Waals surface area contributed by atoms with Gasteiger partial charge in [-0.3, -0.25) is 0 Å². The second-order valence-electron chi connectivity index (χ2n) is 5.59. The average Bonchev–Trinajstić information content (AvgIpc) is 2.44. The maximum Gasteiger partial charge on any atom is 0.112 e. The number of hydrogen-bond donors (Lipinski definition) is 2. The fourth-order valence-electron chi connectivity index (χ4n) is 2.16. The molecule has 1 aliphatic heterocycles. The van der Waals surface area contributed by atoms with E-state index in [1.54, 1.807) is 0 Å². The Morgan fingerprint density at radius 1 is 1.25 bits per heavy atom. The molecule has 1 saturated heterocycles. The number of nitrogens with zero attached hydrogens (tertiary/aromatic N) is 1. The molecule has 16 heavy (non-hydrogen) atoms. The summed E-state index contributed by atoms with van der Waals surface area (Å²) in [6.07, 6.45) is 1.11. The van der Waals surface area contributed by atoms with Crippen LogP contribution in [-0.2, 0) is 6.42 Å². The lowest BCUT2D eigenvalue weighted by molar-refractivity contribution is 0.431. The molecule has 3 heteroatoms. The molecule has 0 saturated carbocycles. The minimum Gasteiger partial charge on any atom is -0.345 e. The third-order valence-electron chi connectivity index (χ3n) is 3.16. The van der Waals surface area contributed by atoms with Gasteiger partial charge in [0.05, 0.1) is 5.69 Å². The van der Waals surface area contributed by atoms with Crippen molar-refractivity contribution in [1.29, 1.82) is 0 Å². The first-order valence-corrected chi connectivity index (χ1v) is 6.37. The van der Waals surface area contributed by atoms with E-state index in [0.717, 1.165) is 19.5 Å². The zero-order chi connectivity index (χ0) is 11.7. The van der Waals surface area contributed by atoms with Gasteiger partial charge in [0.2, 0.25) is 0 Å². The second-order valence-corrected chi connectivity index (χ2v) is 5.59. The second kappa shape index (κ2) is 4.58. The van der Waals surface area contributed by atoms with Crippen molar-refractivity contribution in [2.24, 2.45) is 5.92 Å². The van der Waals surface area contributed by atoms with Crippen molar-refractivity contribution in [3.8, 4) is 0 Å². The van der Waals surface area contributed by atoms with Crippen molar-refractivity contribution in [3.05, 3.63) is 17.2 Å². The first kappa shape index (κ1) is 11.6. The maximum atomic E-state index is 4.79. The summed E-state index contributed by atoms with van der Waals surface area (Å²) in [4.78, 5) is 8.33. The van der Waals surface area contributed by atoms with Gasteiger partial charge in [0.25, 0.3) is 0 Å². The number of H-pyrrole nitrogens is 1. The predicted octanol–water partition coefficient (Wildman–Crippen LogP) is 2.42. The number of nitrogens with one attached hydrogen (secondary N) is 2. The summed E-state index contributed by atoms with van der Waals surface area (Å²) in [6.45, 7) is 11.1. The van der Waals surface area contributed by atoms with E-state index >= 15 is 0 Å². The van der Waals surface area contributed by atoms with Crippen molar-refractivity contribution in [2.75, 3.05) is 13.1 Å². The van der Waals surface area contributed by atoms with Crippen LogP contribution in [0.3, 0.4) is 0 Å². The minimum atomic E-state index is 0.520. The summed E-state index contributed by atoms with van der Waals surface area (Å²) in [5.74, 6) is 3.01. The van der Waals surface area contributed by atoms with Crippen LogP contribution in [0.25, 0.3) is 0 Å². The Kier molecular flexibility index (Phi) is 3.33. The van der Waals surface area contributed by atoms with E-state index in [9.17, 15) is 0 Å². The Balaban J connectivity index is 2.22. The molecule has 0 spiro atoms. The fourth-order valence-corrected chi connectivity index (χ4v) is 2.16. The van der Waals surface area contributed by atoms with Crippen LogP contribution < -0.4 is 5.32 Å². The van der Waals surface area contributed by atoms with Gasteiger partial charge in [0.15, 0.2) is 0 Å². The van der Waals surface area contributed by atoms with Gasteiger partial charge in [0.1, 0.15) is 5.82 Å². The number of hydrogen-bond acceptors (Lipinski definition) is 2. The van der Waals surface area contributed by atoms with Gasteiger partial charge in [-0.1, -0.05) is 27.7 Å². The number of aromatic nitrogens is 2. The fraction of sp³-hybridized carbons (Fsp3) is 0.769. The summed E-state index contributed by atoms with van der Waals surface area (Å²) in [5, 5.41) is 3.30. The summed E-state index contributed by atoms with van der Waals surface area (Å²) >= 11 is 0. The first-order chi connectivity index (χ1) is 7.58. The van der Waals surface area contributed by atoms with Gasteiger partial charge in [-0.2, -0.15) is 0 Å². The smallest absolute Gasteiger partial charge is 0.112 e. The van der Waals surface area contributed by atoms with Crippen LogP contribution in [0, 0.1) is 5.92 Å². The highest BCUT2D eigenvalue weighted by Crippen LogP contribution is 2.24. The highest BCUT2D eigenvalue weighted by molar-refractivity contribution is 5.21. The average molecular weight is 221 g/mol. The van der Waals surface area contributed by atoms with E-state index < -0.39 is 0 Å². The molecular weight excluding hydrogens is 198 g/mol. The van der Waals surface area contributed by atoms with Crippen molar-refractivity contribution in [1.82, 2.24) is 15.3 Å². The van der Waals surface area contributed by atoms with Gasteiger partial charge in [-0.15, -0.1) is 0 Å². The first-order valence-electron chi connectivity index (χ1n) is 6.37. The van der Waals surface area contributed by atoms with Crippen LogP contribution >= 0.6 is 0 Å². The Bertz CT molecular complexity index is 348. The molecule has 0 bridgehead atoms. The molecule has 0 aliphatic carbocycles. The highest BCUT2D eigenvalue weighted by Gasteiger charge is 2.24. The zero-order valence-corrected chi connectivity index (χ0v) is 10.8. The molecule has 2 heterocycles. The van der Waals surface area contributed by atoms with Gasteiger partial charge in [0, 0.05) is 24.7 Å². The summed E-state index contributed by atoms with van der Waals surface area (Å²) < 4.78 is 0. The van der Waals surface area contributed by atoms with Crippen molar-refractivity contribution >= 4 is 0 Å². The lowest BCUT2D eigenvalue weighted by Crippen LogP contribution is -2.40. The van der Waals surface area contributed by atoms with E-state index in [-0.39, 0.29) is 0 Å². The van der Waals surface area contributed by atoms with Crippen LogP contribution in [0.5, 0.6) is 0 Å². The van der Waals surface area contributed by atoms with Crippen molar-refractivity contribution in [3.63, 3.8) is 0 Å². The third kappa shape index (κ3) is 2.29. The van der Waals surface area contributed by atoms with Crippen LogP contribution in [0.1, 0.15) is 56.7 Å². The molecule has 1 aliphatic rings. The van der Waals surface area contributed by atoms with E-state index in [1.165, 1.54) is 17.2 Å². The van der Waals surface area contributed by atoms with E-state index in [1.807, 2.05) is 0 Å². The molecule has 0 unspecified atom stereocenters. The quantitative estimate of drug-likeness (QED) is 0.819. The van der Waals surface area contributed by atoms with Crippen LogP contribution in [0.15, 0.2) is 0 Å². The van der Waals surface area contributed by atoms with Crippen LogP contribution in [0.4, 0.5) is 0 Å². The molecule has 1 aromatic rings. The monoisotopic (exact) mass is 221 g/mol. The molecule has 2 rings (SSSR count). The molecule has 1 fully saturated rings. The molecule has 0 aromatic carbocycles. The topological polar surface area (TPSA) is 40.7 Å². The molecule has 90 valence electrons. The Labute approximate surface area is 98.1 Å². The van der Waals surface area contributed by atoms with Gasteiger partial charge < -0.3 is 10.3 Å². The zero-order valence-electron chi connectivity index (χ0n) is 10.8. The van der Waals surface area contributed by atoms with E-state index in [4.69, 9.17) is 4.98 Å². The van der Waals surface area contributed by atoms with Crippen LogP contribution in [0.2, 0.25) is 0 Å². The van der Waals surface area contributed by atoms with Gasteiger partial charge in [-0.05, 0) is 18.3 Å². The maximum absolute atomic E-state index is 4.79. The molecule has 2 N–H and O–H groups in total. The van der Waals surface area contributed by atoms with E-state index in [2.05, 4.69) is 38.0 Å². The van der Waals surface area contributed by atoms with Gasteiger partial charge >= 0.3 is 0 Å². The lowest BCUT2D eigenvalue weighted by Gasteiger charge is -2.24. The molecule has 0 amide bonds. The lowest BCUT2D eigenvalue weighted by atomic mass is 10.0. The van der Waals surface area contributed by atoms with Crippen molar-refractivity contribution < 1.29 is 0 Å². The van der Waals surface area contributed by atoms with E-state index in [0.29, 0.717) is 17.8 Å². The Morgan fingerprint density at radius 2 is 1.94 bits per heavy atom. The molecule has 1 aromatic heterocycles. The molecular formula is C13H23N3. The normalized spacial score (nSPS) is 17.1. The molecule has 0 radical (unpaired) electrons. The minimum absolute atomic E-state index is 0.520. The number of rotatable bonds is 4. The standard InChI is InChI=1S/C13H23N3/c1-8(2)5-11-12(9(3)4)16-13(15-11)10-6-14-7-10/h8-10,14H,5-7H2,1-4H3,(H,15,16). The van der Waals surface area contributed by atoms with Crippen molar-refractivity contribution in [2.45, 2.75) is 46.0 Å². The number of imidazole rings is 1. The highest BCUT2D eigenvalue weighted by atomic mass is 15.0. The largest absolute Gasteiger partial charge is 0.345 e. The summed E-state index contributed by atoms with van der Waals surface area (Å²) in [7, 11) is 0. The summed E-state index contributed by atoms with van der Waals surface area (Å²) in [5.41, 5.74) is 2.63. The van der Waals surface area contributed by atoms with Crippen LogP contribution in [-0.4, -0.2) is 23.1 Å². The predicted molar refractivity (Wildman–Crippen MR) is 66.8 cm³/mol. The Morgan fingerprint density at radius 3 is 2.38 bits per heavy atom. The Hall–Kier alpha value is -0.830. The molecule has 3 nitrogen and oxygen atoms in total. The number of aromatic amines is 1. The SMILES string of the molecule is CC(C)Cc1[nH]c(C2CNC2)nc1C(C)C.